The van der Waals surface area contributed by atoms with Crippen LogP contribution in [0.3, 0.4) is 0 Å². The molecule has 0 aliphatic rings. The van der Waals surface area contributed by atoms with Gasteiger partial charge in [0.2, 0.25) is 0 Å². The Morgan fingerprint density at radius 3 is 1.21 bits per heavy atom. The molecule has 12 heteroatoms. The van der Waals surface area contributed by atoms with Gasteiger partial charge in [-0.25, -0.2) is 0 Å². The van der Waals surface area contributed by atoms with Crippen LogP contribution in [0.2, 0.25) is 0 Å². The molecule has 19 heavy (non-hydrogen) atoms. The topological polar surface area (TPSA) is 26.0 Å². The summed E-state index contributed by atoms with van der Waals surface area (Å²) in [5, 5.41) is 0. The number of alkyl halides is 11. The molecule has 0 unspecified atom stereocenters. The highest BCUT2D eigenvalue weighted by Crippen LogP contribution is 2.57. The summed E-state index contributed by atoms with van der Waals surface area (Å²) in [5.41, 5.74) is 4.38. The molecule has 0 rings (SSSR count). The fourth-order valence-corrected chi connectivity index (χ4v) is 0.943. The highest BCUT2D eigenvalue weighted by Gasteiger charge is 2.86. The Morgan fingerprint density at radius 2 is 0.947 bits per heavy atom. The van der Waals surface area contributed by atoms with E-state index in [0.29, 0.717) is 0 Å². The Labute approximate surface area is 98.1 Å². The molecule has 2 N–H and O–H groups in total. The van der Waals surface area contributed by atoms with Crippen molar-refractivity contribution in [3.05, 3.63) is 0 Å². The normalized spacial score (nSPS) is 15.8. The SMILES string of the molecule is NCCC(F)(F)C(F)(F)C(F)(F)C(F)(F)C(F)(F)F. The van der Waals surface area contributed by atoms with Crippen molar-refractivity contribution in [2.45, 2.75) is 36.3 Å². The molecule has 0 aliphatic carbocycles. The van der Waals surface area contributed by atoms with E-state index in [4.69, 9.17) is 0 Å². The van der Waals surface area contributed by atoms with Gasteiger partial charge in [-0.3, -0.25) is 0 Å². The summed E-state index contributed by atoms with van der Waals surface area (Å²) in [6.45, 7) is -1.32. The van der Waals surface area contributed by atoms with E-state index < -0.39 is 42.8 Å². The largest absolute Gasteiger partial charge is 0.460 e. The quantitative estimate of drug-likeness (QED) is 0.773. The molecular formula is C7H6F11N. The highest BCUT2D eigenvalue weighted by molar-refractivity contribution is 5.06. The number of nitrogens with two attached hydrogens (primary N) is 1. The average Bonchev–Trinajstić information content (AvgIpc) is 2.14. The third-order valence-electron chi connectivity index (χ3n) is 2.06. The summed E-state index contributed by atoms with van der Waals surface area (Å²) in [7, 11) is 0. The smallest absolute Gasteiger partial charge is 0.330 e. The van der Waals surface area contributed by atoms with E-state index >= 15 is 0 Å². The first kappa shape index (κ1) is 18.2. The summed E-state index contributed by atoms with van der Waals surface area (Å²) in [6, 6.07) is 0. The average molecular weight is 313 g/mol. The zero-order valence-corrected chi connectivity index (χ0v) is 8.65. The Balaban J connectivity index is 5.77. The third kappa shape index (κ3) is 2.58. The Morgan fingerprint density at radius 1 is 0.579 bits per heavy atom. The van der Waals surface area contributed by atoms with Gasteiger partial charge < -0.3 is 5.73 Å². The summed E-state index contributed by atoms with van der Waals surface area (Å²) in [5.74, 6) is -27.4. The van der Waals surface area contributed by atoms with E-state index in [1.165, 1.54) is 0 Å². The molecule has 0 aromatic heterocycles. The first-order valence-corrected chi connectivity index (χ1v) is 4.34. The van der Waals surface area contributed by atoms with E-state index in [9.17, 15) is 48.3 Å². The maximum Gasteiger partial charge on any atom is 0.460 e. The van der Waals surface area contributed by atoms with Crippen molar-refractivity contribution >= 4 is 0 Å². The lowest BCUT2D eigenvalue weighted by atomic mass is 9.96. The fraction of sp³-hybridized carbons (Fsp3) is 1.00. The van der Waals surface area contributed by atoms with Gasteiger partial charge in [-0.1, -0.05) is 0 Å². The minimum atomic E-state index is -7.34. The van der Waals surface area contributed by atoms with Crippen LogP contribution in [0.1, 0.15) is 6.42 Å². The summed E-state index contributed by atoms with van der Waals surface area (Å²) >= 11 is 0. The van der Waals surface area contributed by atoms with Crippen molar-refractivity contribution in [2.75, 3.05) is 6.54 Å². The zero-order chi connectivity index (χ0) is 15.9. The molecular weight excluding hydrogens is 307 g/mol. The second-order valence-corrected chi connectivity index (χ2v) is 3.46. The van der Waals surface area contributed by atoms with E-state index in [0.717, 1.165) is 0 Å². The van der Waals surface area contributed by atoms with Crippen LogP contribution in [-0.2, 0) is 0 Å². The van der Waals surface area contributed by atoms with Gasteiger partial charge in [0, 0.05) is 6.42 Å². The molecule has 0 fully saturated rings. The lowest BCUT2D eigenvalue weighted by Crippen LogP contribution is -2.66. The van der Waals surface area contributed by atoms with Crippen LogP contribution < -0.4 is 5.73 Å². The van der Waals surface area contributed by atoms with E-state index in [-0.39, 0.29) is 0 Å². The zero-order valence-electron chi connectivity index (χ0n) is 8.65. The molecule has 0 radical (unpaired) electrons. The van der Waals surface area contributed by atoms with E-state index in [1.807, 2.05) is 0 Å². The molecule has 0 atom stereocenters. The van der Waals surface area contributed by atoms with Gasteiger partial charge in [-0.15, -0.1) is 0 Å². The van der Waals surface area contributed by atoms with Gasteiger partial charge in [0.1, 0.15) is 0 Å². The second-order valence-electron chi connectivity index (χ2n) is 3.46. The first-order valence-electron chi connectivity index (χ1n) is 4.34. The monoisotopic (exact) mass is 313 g/mol. The summed E-state index contributed by atoms with van der Waals surface area (Å²) in [6.07, 6.45) is -9.32. The van der Waals surface area contributed by atoms with Gasteiger partial charge in [0.15, 0.2) is 0 Å². The molecule has 0 bridgehead atoms. The lowest BCUT2D eigenvalue weighted by Gasteiger charge is -2.37. The molecule has 0 saturated heterocycles. The van der Waals surface area contributed by atoms with Crippen LogP contribution in [0.5, 0.6) is 0 Å². The predicted octanol–water partition coefficient (Wildman–Crippen LogP) is 3.44. The molecule has 0 aromatic carbocycles. The van der Waals surface area contributed by atoms with Crippen LogP contribution >= 0.6 is 0 Å². The maximum atomic E-state index is 12.7. The highest BCUT2D eigenvalue weighted by atomic mass is 19.4. The van der Waals surface area contributed by atoms with Gasteiger partial charge >= 0.3 is 29.9 Å². The molecule has 0 heterocycles. The number of hydrogen-bond acceptors (Lipinski definition) is 1. The van der Waals surface area contributed by atoms with Crippen LogP contribution in [0.4, 0.5) is 48.3 Å². The fourth-order valence-electron chi connectivity index (χ4n) is 0.943. The summed E-state index contributed by atoms with van der Waals surface area (Å²) < 4.78 is 135. The standard InChI is InChI=1S/C7H6F11N/c8-3(9,1-2-19)4(10,11)5(12,13)6(14,15)7(16,17)18/h1-2,19H2. The van der Waals surface area contributed by atoms with Crippen LogP contribution in [0.15, 0.2) is 0 Å². The number of rotatable bonds is 5. The van der Waals surface area contributed by atoms with E-state index in [2.05, 4.69) is 5.73 Å². The lowest BCUT2D eigenvalue weighted by molar-refractivity contribution is -0.422. The molecule has 0 aromatic rings. The molecule has 116 valence electrons. The van der Waals surface area contributed by atoms with Gasteiger partial charge in [-0.2, -0.15) is 48.3 Å². The molecule has 0 saturated carbocycles. The molecule has 1 nitrogen and oxygen atoms in total. The number of halogens is 11. The van der Waals surface area contributed by atoms with Gasteiger partial charge in [0.25, 0.3) is 0 Å². The van der Waals surface area contributed by atoms with Gasteiger partial charge in [-0.05, 0) is 6.54 Å². The van der Waals surface area contributed by atoms with Crippen molar-refractivity contribution in [1.29, 1.82) is 0 Å². The summed E-state index contributed by atoms with van der Waals surface area (Å²) in [4.78, 5) is 0. The van der Waals surface area contributed by atoms with Crippen molar-refractivity contribution in [2.24, 2.45) is 5.73 Å². The Hall–Kier alpha value is -0.810. The van der Waals surface area contributed by atoms with Crippen LogP contribution in [-0.4, -0.2) is 36.4 Å². The second kappa shape index (κ2) is 4.63. The van der Waals surface area contributed by atoms with Crippen LogP contribution in [0.25, 0.3) is 0 Å². The molecule has 0 spiro atoms. The minimum Gasteiger partial charge on any atom is -0.330 e. The van der Waals surface area contributed by atoms with Crippen molar-refractivity contribution < 1.29 is 48.3 Å². The van der Waals surface area contributed by atoms with Gasteiger partial charge in [0.05, 0.1) is 0 Å². The Kier molecular flexibility index (Phi) is 4.43. The van der Waals surface area contributed by atoms with Crippen molar-refractivity contribution in [3.8, 4) is 0 Å². The maximum absolute atomic E-state index is 12.7. The predicted molar refractivity (Wildman–Crippen MR) is 39.5 cm³/mol. The minimum absolute atomic E-state index is 1.32. The van der Waals surface area contributed by atoms with E-state index in [1.54, 1.807) is 0 Å². The Bertz CT molecular complexity index is 317. The first-order chi connectivity index (χ1) is 8.06. The van der Waals surface area contributed by atoms with Crippen LogP contribution in [0, 0.1) is 0 Å². The number of hydrogen-bond donors (Lipinski definition) is 1. The molecule has 0 amide bonds. The van der Waals surface area contributed by atoms with Crippen molar-refractivity contribution in [1.82, 2.24) is 0 Å². The third-order valence-corrected chi connectivity index (χ3v) is 2.06. The van der Waals surface area contributed by atoms with Crippen molar-refractivity contribution in [3.63, 3.8) is 0 Å². The molecule has 0 aliphatic heterocycles.